The number of piperazine rings is 1. The lowest BCUT2D eigenvalue weighted by atomic mass is 10.1. The summed E-state index contributed by atoms with van der Waals surface area (Å²) in [6.07, 6.45) is 0. The number of amides is 1. The SMILES string of the molecule is Cc1ccc([N+](=O)[O-])cc1S(=O)(=O)N1CCN(C(=O)C(C)(C)Oc2ccc(Cl)cc2)CC1. The number of benzene rings is 2. The second-order valence-electron chi connectivity index (χ2n) is 7.97. The van der Waals surface area contributed by atoms with Crippen molar-refractivity contribution in [1.29, 1.82) is 0 Å². The third-order valence-corrected chi connectivity index (χ3v) is 7.52. The van der Waals surface area contributed by atoms with Gasteiger partial charge in [-0.2, -0.15) is 4.31 Å². The summed E-state index contributed by atoms with van der Waals surface area (Å²) in [5.74, 6) is 0.228. The first-order valence-corrected chi connectivity index (χ1v) is 11.7. The molecule has 1 fully saturated rings. The highest BCUT2D eigenvalue weighted by molar-refractivity contribution is 7.89. The lowest BCUT2D eigenvalue weighted by Gasteiger charge is -2.38. The Labute approximate surface area is 191 Å². The molecule has 3 rings (SSSR count). The second kappa shape index (κ2) is 9.05. The zero-order valence-electron chi connectivity index (χ0n) is 17.9. The number of halogens is 1. The van der Waals surface area contributed by atoms with Crippen molar-refractivity contribution in [2.24, 2.45) is 0 Å². The highest BCUT2D eigenvalue weighted by Crippen LogP contribution is 2.27. The molecule has 32 heavy (non-hydrogen) atoms. The van der Waals surface area contributed by atoms with Gasteiger partial charge in [-0.1, -0.05) is 17.7 Å². The molecule has 172 valence electrons. The van der Waals surface area contributed by atoms with Gasteiger partial charge in [0.15, 0.2) is 5.60 Å². The van der Waals surface area contributed by atoms with Crippen LogP contribution in [-0.2, 0) is 14.8 Å². The van der Waals surface area contributed by atoms with E-state index in [1.54, 1.807) is 49.9 Å². The fraction of sp³-hybridized carbons (Fsp3) is 0.381. The van der Waals surface area contributed by atoms with Crippen LogP contribution < -0.4 is 4.74 Å². The topological polar surface area (TPSA) is 110 Å². The predicted molar refractivity (Wildman–Crippen MR) is 119 cm³/mol. The Kier molecular flexibility index (Phi) is 6.77. The summed E-state index contributed by atoms with van der Waals surface area (Å²) < 4.78 is 33.3. The van der Waals surface area contributed by atoms with Crippen molar-refractivity contribution in [3.05, 3.63) is 63.2 Å². The molecule has 0 spiro atoms. The summed E-state index contributed by atoms with van der Waals surface area (Å²) in [6, 6.07) is 10.4. The smallest absolute Gasteiger partial charge is 0.270 e. The fourth-order valence-corrected chi connectivity index (χ4v) is 5.27. The van der Waals surface area contributed by atoms with Crippen molar-refractivity contribution in [2.75, 3.05) is 26.2 Å². The highest BCUT2D eigenvalue weighted by atomic mass is 35.5. The maximum atomic E-state index is 13.1. The number of hydrogen-bond acceptors (Lipinski definition) is 6. The van der Waals surface area contributed by atoms with Crippen molar-refractivity contribution in [2.45, 2.75) is 31.3 Å². The first-order chi connectivity index (χ1) is 14.9. The van der Waals surface area contributed by atoms with Gasteiger partial charge in [0, 0.05) is 43.3 Å². The molecule has 0 aliphatic carbocycles. The summed E-state index contributed by atoms with van der Waals surface area (Å²) in [4.78, 5) is 24.9. The Morgan fingerprint density at radius 2 is 1.69 bits per heavy atom. The first-order valence-electron chi connectivity index (χ1n) is 9.91. The molecular formula is C21H24ClN3O6S. The molecule has 1 aliphatic rings. The van der Waals surface area contributed by atoms with E-state index in [9.17, 15) is 23.3 Å². The molecule has 2 aromatic rings. The number of nitro groups is 1. The van der Waals surface area contributed by atoms with Gasteiger partial charge >= 0.3 is 0 Å². The van der Waals surface area contributed by atoms with Crippen LogP contribution in [0.5, 0.6) is 5.75 Å². The second-order valence-corrected chi connectivity index (χ2v) is 10.3. The van der Waals surface area contributed by atoms with Gasteiger partial charge in [0.1, 0.15) is 5.75 Å². The summed E-state index contributed by atoms with van der Waals surface area (Å²) in [5, 5.41) is 11.6. The first kappa shape index (κ1) is 24.0. The summed E-state index contributed by atoms with van der Waals surface area (Å²) in [6.45, 7) is 5.41. The number of aryl methyl sites for hydroxylation is 1. The average Bonchev–Trinajstić information content (AvgIpc) is 2.74. The van der Waals surface area contributed by atoms with E-state index in [1.807, 2.05) is 0 Å². The van der Waals surface area contributed by atoms with Gasteiger partial charge in [0.25, 0.3) is 11.6 Å². The van der Waals surface area contributed by atoms with Gasteiger partial charge in [-0.05, 0) is 50.6 Å². The molecule has 0 saturated carbocycles. The number of nitrogens with zero attached hydrogens (tertiary/aromatic N) is 3. The molecule has 9 nitrogen and oxygen atoms in total. The number of carbonyl (C=O) groups is 1. The van der Waals surface area contributed by atoms with Crippen LogP contribution in [-0.4, -0.2) is 60.2 Å². The molecule has 0 unspecified atom stereocenters. The quantitative estimate of drug-likeness (QED) is 0.462. The van der Waals surface area contributed by atoms with Gasteiger partial charge in [0.2, 0.25) is 10.0 Å². The van der Waals surface area contributed by atoms with E-state index >= 15 is 0 Å². The molecule has 11 heteroatoms. The number of rotatable bonds is 6. The molecule has 1 heterocycles. The molecule has 0 aromatic heterocycles. The monoisotopic (exact) mass is 481 g/mol. The normalized spacial score (nSPS) is 15.4. The van der Waals surface area contributed by atoms with Crippen molar-refractivity contribution in [3.8, 4) is 5.75 Å². The van der Waals surface area contributed by atoms with Crippen molar-refractivity contribution in [1.82, 2.24) is 9.21 Å². The molecule has 0 bridgehead atoms. The number of sulfonamides is 1. The Bertz CT molecular complexity index is 1130. The Morgan fingerprint density at radius 3 is 2.25 bits per heavy atom. The molecule has 2 aromatic carbocycles. The van der Waals surface area contributed by atoms with Gasteiger partial charge in [-0.15, -0.1) is 0 Å². The summed E-state index contributed by atoms with van der Waals surface area (Å²) >= 11 is 5.88. The van der Waals surface area contributed by atoms with Crippen LogP contribution in [0.2, 0.25) is 5.02 Å². The minimum atomic E-state index is -3.94. The largest absolute Gasteiger partial charge is 0.478 e. The zero-order valence-corrected chi connectivity index (χ0v) is 19.5. The van der Waals surface area contributed by atoms with E-state index in [0.717, 1.165) is 6.07 Å². The maximum absolute atomic E-state index is 13.1. The van der Waals surface area contributed by atoms with Crippen LogP contribution in [0, 0.1) is 17.0 Å². The predicted octanol–water partition coefficient (Wildman–Crippen LogP) is 3.25. The van der Waals surface area contributed by atoms with Crippen molar-refractivity contribution in [3.63, 3.8) is 0 Å². The fourth-order valence-electron chi connectivity index (χ4n) is 3.47. The van der Waals surface area contributed by atoms with E-state index in [0.29, 0.717) is 16.3 Å². The maximum Gasteiger partial charge on any atom is 0.270 e. The van der Waals surface area contributed by atoms with Crippen LogP contribution in [0.1, 0.15) is 19.4 Å². The van der Waals surface area contributed by atoms with Crippen LogP contribution in [0.4, 0.5) is 5.69 Å². The zero-order chi connectivity index (χ0) is 23.7. The Balaban J connectivity index is 1.70. The number of non-ortho nitro benzene ring substituents is 1. The number of ether oxygens (including phenoxy) is 1. The number of nitro benzene ring substituents is 1. The van der Waals surface area contributed by atoms with Gasteiger partial charge in [-0.3, -0.25) is 14.9 Å². The molecule has 0 radical (unpaired) electrons. The van der Waals surface area contributed by atoms with E-state index in [1.165, 1.54) is 16.4 Å². The van der Waals surface area contributed by atoms with E-state index < -0.39 is 20.5 Å². The minimum absolute atomic E-state index is 0.0766. The highest BCUT2D eigenvalue weighted by Gasteiger charge is 2.38. The molecule has 1 saturated heterocycles. The van der Waals surface area contributed by atoms with E-state index in [-0.39, 0.29) is 42.7 Å². The molecule has 1 amide bonds. The lowest BCUT2D eigenvalue weighted by Crippen LogP contribution is -2.56. The lowest BCUT2D eigenvalue weighted by molar-refractivity contribution is -0.385. The molecule has 0 atom stereocenters. The summed E-state index contributed by atoms with van der Waals surface area (Å²) in [7, 11) is -3.94. The van der Waals surface area contributed by atoms with Gasteiger partial charge in [0.05, 0.1) is 9.82 Å². The minimum Gasteiger partial charge on any atom is -0.478 e. The molecule has 1 aliphatic heterocycles. The van der Waals surface area contributed by atoms with Crippen LogP contribution in [0.25, 0.3) is 0 Å². The average molecular weight is 482 g/mol. The number of hydrogen-bond donors (Lipinski definition) is 0. The van der Waals surface area contributed by atoms with Crippen LogP contribution in [0.3, 0.4) is 0 Å². The van der Waals surface area contributed by atoms with E-state index in [2.05, 4.69) is 0 Å². The van der Waals surface area contributed by atoms with Gasteiger partial charge in [-0.25, -0.2) is 8.42 Å². The van der Waals surface area contributed by atoms with Crippen molar-refractivity contribution < 1.29 is 22.9 Å². The standard InChI is InChI=1S/C21H24ClN3O6S/c1-15-4-7-17(25(27)28)14-19(15)32(29,30)24-12-10-23(11-13-24)20(26)21(2,3)31-18-8-5-16(22)6-9-18/h4-9,14H,10-13H2,1-3H3. The molecular weight excluding hydrogens is 458 g/mol. The van der Waals surface area contributed by atoms with E-state index in [4.69, 9.17) is 16.3 Å². The summed E-state index contributed by atoms with van der Waals surface area (Å²) in [5.41, 5.74) is -1.03. The third-order valence-electron chi connectivity index (χ3n) is 5.23. The van der Waals surface area contributed by atoms with Gasteiger partial charge < -0.3 is 9.64 Å². The molecule has 0 N–H and O–H groups in total. The van der Waals surface area contributed by atoms with Crippen LogP contribution in [0.15, 0.2) is 47.4 Å². The van der Waals surface area contributed by atoms with Crippen LogP contribution >= 0.6 is 11.6 Å². The third kappa shape index (κ3) is 5.03. The van der Waals surface area contributed by atoms with Crippen molar-refractivity contribution >= 4 is 33.2 Å². The number of carbonyl (C=O) groups excluding carboxylic acids is 1. The Morgan fingerprint density at radius 1 is 1.09 bits per heavy atom. The Hall–Kier alpha value is -2.69.